The lowest BCUT2D eigenvalue weighted by Gasteiger charge is -2.04. The van der Waals surface area contributed by atoms with E-state index >= 15 is 0 Å². The monoisotopic (exact) mass is 251 g/mol. The van der Waals surface area contributed by atoms with Gasteiger partial charge in [-0.1, -0.05) is 36.4 Å². The molecule has 1 N–H and O–H groups in total. The zero-order valence-electron chi connectivity index (χ0n) is 10.5. The van der Waals surface area contributed by atoms with E-state index in [4.69, 9.17) is 4.74 Å². The summed E-state index contributed by atoms with van der Waals surface area (Å²) in [6, 6.07) is 15.3. The van der Waals surface area contributed by atoms with E-state index in [2.05, 4.69) is 5.32 Å². The third-order valence-corrected chi connectivity index (χ3v) is 3.15. The van der Waals surface area contributed by atoms with E-state index in [0.29, 0.717) is 5.57 Å². The number of carbonyl (C=O) groups excluding carboxylic acids is 1. The molecule has 1 heterocycles. The van der Waals surface area contributed by atoms with Gasteiger partial charge >= 0.3 is 0 Å². The van der Waals surface area contributed by atoms with Crippen molar-refractivity contribution in [1.82, 2.24) is 0 Å². The first-order valence-corrected chi connectivity index (χ1v) is 6.05. The molecule has 1 amide bonds. The van der Waals surface area contributed by atoms with Crippen LogP contribution in [0, 0.1) is 0 Å². The van der Waals surface area contributed by atoms with Crippen molar-refractivity contribution < 1.29 is 9.53 Å². The molecule has 1 aliphatic rings. The number of anilines is 1. The Labute approximate surface area is 111 Å². The Kier molecular flexibility index (Phi) is 2.80. The van der Waals surface area contributed by atoms with E-state index in [1.165, 1.54) is 0 Å². The maximum atomic E-state index is 12.0. The predicted molar refractivity (Wildman–Crippen MR) is 75.9 cm³/mol. The molecule has 3 nitrogen and oxygen atoms in total. The number of nitrogens with one attached hydrogen (secondary N) is 1. The van der Waals surface area contributed by atoms with Crippen molar-refractivity contribution in [3.05, 3.63) is 59.7 Å². The van der Waals surface area contributed by atoms with E-state index in [1.54, 1.807) is 7.11 Å². The third kappa shape index (κ3) is 1.99. The Morgan fingerprint density at radius 3 is 2.63 bits per heavy atom. The lowest BCUT2D eigenvalue weighted by atomic mass is 10.0. The number of benzene rings is 2. The molecule has 19 heavy (non-hydrogen) atoms. The quantitative estimate of drug-likeness (QED) is 0.832. The molecular formula is C16H13NO2. The summed E-state index contributed by atoms with van der Waals surface area (Å²) >= 11 is 0. The molecule has 0 bridgehead atoms. The van der Waals surface area contributed by atoms with Crippen LogP contribution in [0.25, 0.3) is 11.6 Å². The van der Waals surface area contributed by atoms with Gasteiger partial charge in [-0.15, -0.1) is 0 Å². The summed E-state index contributed by atoms with van der Waals surface area (Å²) in [4.78, 5) is 12.0. The van der Waals surface area contributed by atoms with Gasteiger partial charge < -0.3 is 10.1 Å². The van der Waals surface area contributed by atoms with Crippen LogP contribution >= 0.6 is 0 Å². The maximum Gasteiger partial charge on any atom is 0.256 e. The van der Waals surface area contributed by atoms with Crippen LogP contribution in [0.2, 0.25) is 0 Å². The van der Waals surface area contributed by atoms with Gasteiger partial charge in [0.1, 0.15) is 5.75 Å². The van der Waals surface area contributed by atoms with Gasteiger partial charge in [0.25, 0.3) is 5.91 Å². The van der Waals surface area contributed by atoms with Gasteiger partial charge in [0, 0.05) is 22.4 Å². The standard InChI is InChI=1S/C16H13NO2/c1-19-15-9-5-2-6-11(15)10-13-12-7-3-4-8-14(12)17-16(13)18/h2-10H,1H3,(H,17,18)/b13-10+. The molecule has 3 heteroatoms. The van der Waals surface area contributed by atoms with Crippen LogP contribution in [0.3, 0.4) is 0 Å². The summed E-state index contributed by atoms with van der Waals surface area (Å²) in [5.41, 5.74) is 3.35. The Morgan fingerprint density at radius 1 is 1.05 bits per heavy atom. The van der Waals surface area contributed by atoms with Gasteiger partial charge in [-0.05, 0) is 18.2 Å². The number of ether oxygens (including phenoxy) is 1. The van der Waals surface area contributed by atoms with Crippen LogP contribution in [0.5, 0.6) is 5.75 Å². The lowest BCUT2D eigenvalue weighted by molar-refractivity contribution is -0.110. The Morgan fingerprint density at radius 2 is 1.79 bits per heavy atom. The summed E-state index contributed by atoms with van der Waals surface area (Å²) < 4.78 is 5.30. The highest BCUT2D eigenvalue weighted by Crippen LogP contribution is 2.34. The normalized spacial score (nSPS) is 15.2. The second-order valence-electron chi connectivity index (χ2n) is 4.30. The zero-order valence-corrected chi connectivity index (χ0v) is 10.5. The van der Waals surface area contributed by atoms with Crippen molar-refractivity contribution in [2.24, 2.45) is 0 Å². The molecule has 0 saturated carbocycles. The average molecular weight is 251 g/mol. The maximum absolute atomic E-state index is 12.0. The number of carbonyl (C=O) groups is 1. The van der Waals surface area contributed by atoms with Crippen molar-refractivity contribution in [3.63, 3.8) is 0 Å². The minimum Gasteiger partial charge on any atom is -0.496 e. The number of rotatable bonds is 2. The first-order valence-electron chi connectivity index (χ1n) is 6.05. The molecule has 0 fully saturated rings. The van der Waals surface area contributed by atoms with E-state index in [9.17, 15) is 4.79 Å². The van der Waals surface area contributed by atoms with Crippen LogP contribution in [0.15, 0.2) is 48.5 Å². The highest BCUT2D eigenvalue weighted by Gasteiger charge is 2.23. The van der Waals surface area contributed by atoms with Crippen LogP contribution in [-0.4, -0.2) is 13.0 Å². The molecule has 0 aliphatic carbocycles. The van der Waals surface area contributed by atoms with Crippen LogP contribution in [0.4, 0.5) is 5.69 Å². The molecule has 0 spiro atoms. The van der Waals surface area contributed by atoms with E-state index in [-0.39, 0.29) is 5.91 Å². The van der Waals surface area contributed by atoms with Crippen molar-refractivity contribution >= 4 is 23.2 Å². The van der Waals surface area contributed by atoms with Crippen LogP contribution in [-0.2, 0) is 4.79 Å². The number of fused-ring (bicyclic) bond motifs is 1. The third-order valence-electron chi connectivity index (χ3n) is 3.15. The Hall–Kier alpha value is -2.55. The number of para-hydroxylation sites is 2. The summed E-state index contributed by atoms with van der Waals surface area (Å²) in [6.45, 7) is 0. The molecular weight excluding hydrogens is 238 g/mol. The Balaban J connectivity index is 2.11. The Bertz CT molecular complexity index is 674. The minimum absolute atomic E-state index is 0.0768. The van der Waals surface area contributed by atoms with Crippen molar-refractivity contribution in [1.29, 1.82) is 0 Å². The molecule has 0 saturated heterocycles. The molecule has 0 atom stereocenters. The molecule has 0 aromatic heterocycles. The smallest absolute Gasteiger partial charge is 0.256 e. The average Bonchev–Trinajstić information content (AvgIpc) is 2.76. The van der Waals surface area contributed by atoms with E-state index in [1.807, 2.05) is 54.6 Å². The summed E-state index contributed by atoms with van der Waals surface area (Å²) in [6.07, 6.45) is 1.86. The van der Waals surface area contributed by atoms with Crippen molar-refractivity contribution in [3.8, 4) is 5.75 Å². The van der Waals surface area contributed by atoms with E-state index < -0.39 is 0 Å². The number of methoxy groups -OCH3 is 1. The molecule has 2 aromatic carbocycles. The molecule has 3 rings (SSSR count). The first-order chi connectivity index (χ1) is 9.29. The SMILES string of the molecule is COc1ccccc1/C=C1/C(=O)Nc2ccccc21. The topological polar surface area (TPSA) is 38.3 Å². The highest BCUT2D eigenvalue weighted by molar-refractivity contribution is 6.35. The lowest BCUT2D eigenvalue weighted by Crippen LogP contribution is -2.03. The van der Waals surface area contributed by atoms with Gasteiger partial charge in [-0.2, -0.15) is 0 Å². The van der Waals surface area contributed by atoms with Gasteiger partial charge in [0.15, 0.2) is 0 Å². The zero-order chi connectivity index (χ0) is 13.2. The molecule has 94 valence electrons. The molecule has 0 unspecified atom stereocenters. The highest BCUT2D eigenvalue weighted by atomic mass is 16.5. The number of amides is 1. The molecule has 0 radical (unpaired) electrons. The number of hydrogen-bond acceptors (Lipinski definition) is 2. The fourth-order valence-corrected chi connectivity index (χ4v) is 2.22. The summed E-state index contributed by atoms with van der Waals surface area (Å²) in [5.74, 6) is 0.680. The van der Waals surface area contributed by atoms with Gasteiger partial charge in [0.2, 0.25) is 0 Å². The van der Waals surface area contributed by atoms with Crippen LogP contribution < -0.4 is 10.1 Å². The van der Waals surface area contributed by atoms with Gasteiger partial charge in [0.05, 0.1) is 7.11 Å². The van der Waals surface area contributed by atoms with Crippen molar-refractivity contribution in [2.45, 2.75) is 0 Å². The number of hydrogen-bond donors (Lipinski definition) is 1. The van der Waals surface area contributed by atoms with Crippen molar-refractivity contribution in [2.75, 3.05) is 12.4 Å². The van der Waals surface area contributed by atoms with Gasteiger partial charge in [-0.3, -0.25) is 4.79 Å². The van der Waals surface area contributed by atoms with E-state index in [0.717, 1.165) is 22.6 Å². The molecule has 2 aromatic rings. The van der Waals surface area contributed by atoms with Crippen LogP contribution in [0.1, 0.15) is 11.1 Å². The predicted octanol–water partition coefficient (Wildman–Crippen LogP) is 3.19. The second-order valence-corrected chi connectivity index (χ2v) is 4.30. The summed E-state index contributed by atoms with van der Waals surface area (Å²) in [5, 5.41) is 2.86. The first kappa shape index (κ1) is 11.5. The molecule has 1 aliphatic heterocycles. The fraction of sp³-hybridized carbons (Fsp3) is 0.0625. The summed E-state index contributed by atoms with van der Waals surface area (Å²) in [7, 11) is 1.63. The van der Waals surface area contributed by atoms with Gasteiger partial charge in [-0.25, -0.2) is 0 Å². The second kappa shape index (κ2) is 4.61. The largest absolute Gasteiger partial charge is 0.496 e. The fourth-order valence-electron chi connectivity index (χ4n) is 2.22. The minimum atomic E-state index is -0.0768.